The van der Waals surface area contributed by atoms with Crippen LogP contribution in [0.25, 0.3) is 0 Å². The minimum absolute atomic E-state index is 0.169. The number of methoxy groups -OCH3 is 1. The lowest BCUT2D eigenvalue weighted by molar-refractivity contribution is -0.122. The zero-order valence-electron chi connectivity index (χ0n) is 11.6. The summed E-state index contributed by atoms with van der Waals surface area (Å²) < 4.78 is 18.0. The summed E-state index contributed by atoms with van der Waals surface area (Å²) in [6, 6.07) is 5.51. The Morgan fingerprint density at radius 2 is 2.30 bits per heavy atom. The van der Waals surface area contributed by atoms with Gasteiger partial charge in [0, 0.05) is 20.2 Å². The minimum atomic E-state index is -0.443. The summed E-state index contributed by atoms with van der Waals surface area (Å²) in [5.41, 5.74) is 0.926. The fraction of sp³-hybridized carbons (Fsp3) is 0.429. The molecule has 1 aromatic carbocycles. The van der Waals surface area contributed by atoms with Crippen LogP contribution in [0.1, 0.15) is 18.1 Å². The maximum atomic E-state index is 13.1. The fourth-order valence-corrected chi connectivity index (χ4v) is 1.60. The topological polar surface area (TPSA) is 74.2 Å². The Morgan fingerprint density at radius 1 is 1.55 bits per heavy atom. The van der Waals surface area contributed by atoms with Crippen molar-refractivity contribution in [3.05, 3.63) is 35.1 Å². The lowest BCUT2D eigenvalue weighted by Crippen LogP contribution is -2.42. The van der Waals surface area contributed by atoms with Crippen LogP contribution in [-0.4, -0.2) is 32.2 Å². The highest BCUT2D eigenvalue weighted by atomic mass is 19.1. The SMILES string of the molecule is COCCNC(=O)C(C)NCc1cc(F)ccc1C#N. The third-order valence-electron chi connectivity index (χ3n) is 2.79. The molecule has 0 aliphatic heterocycles. The van der Waals surface area contributed by atoms with Crippen molar-refractivity contribution in [2.24, 2.45) is 0 Å². The van der Waals surface area contributed by atoms with E-state index in [0.29, 0.717) is 24.3 Å². The highest BCUT2D eigenvalue weighted by Gasteiger charge is 2.12. The van der Waals surface area contributed by atoms with Crippen molar-refractivity contribution < 1.29 is 13.9 Å². The summed E-state index contributed by atoms with van der Waals surface area (Å²) in [5.74, 6) is -0.574. The molecule has 1 aromatic rings. The molecule has 6 heteroatoms. The van der Waals surface area contributed by atoms with Gasteiger partial charge < -0.3 is 15.4 Å². The largest absolute Gasteiger partial charge is 0.383 e. The second-order valence-electron chi connectivity index (χ2n) is 4.30. The Balaban J connectivity index is 2.52. The lowest BCUT2D eigenvalue weighted by Gasteiger charge is -2.14. The van der Waals surface area contributed by atoms with Crippen molar-refractivity contribution in [2.45, 2.75) is 19.5 Å². The fourth-order valence-electron chi connectivity index (χ4n) is 1.60. The molecule has 0 aromatic heterocycles. The predicted molar refractivity (Wildman–Crippen MR) is 72.3 cm³/mol. The van der Waals surface area contributed by atoms with E-state index in [1.54, 1.807) is 14.0 Å². The Kier molecular flexibility index (Phi) is 6.64. The van der Waals surface area contributed by atoms with Gasteiger partial charge in [-0.05, 0) is 30.7 Å². The van der Waals surface area contributed by atoms with Crippen molar-refractivity contribution in [1.29, 1.82) is 5.26 Å². The van der Waals surface area contributed by atoms with E-state index in [9.17, 15) is 9.18 Å². The van der Waals surface area contributed by atoms with Gasteiger partial charge in [-0.25, -0.2) is 4.39 Å². The van der Waals surface area contributed by atoms with Crippen molar-refractivity contribution in [3.8, 4) is 6.07 Å². The molecule has 5 nitrogen and oxygen atoms in total. The number of carbonyl (C=O) groups excluding carboxylic acids is 1. The standard InChI is InChI=1S/C14H18FN3O2/c1-10(14(19)17-5-6-20-2)18-9-12-7-13(15)4-3-11(12)8-16/h3-4,7,10,18H,5-6,9H2,1-2H3,(H,17,19). The first-order valence-electron chi connectivity index (χ1n) is 6.27. The third-order valence-corrected chi connectivity index (χ3v) is 2.79. The molecule has 0 heterocycles. The number of hydrogen-bond acceptors (Lipinski definition) is 4. The summed E-state index contributed by atoms with van der Waals surface area (Å²) >= 11 is 0. The molecule has 1 amide bonds. The third kappa shape index (κ3) is 4.96. The average molecular weight is 279 g/mol. The molecule has 1 rings (SSSR count). The Morgan fingerprint density at radius 3 is 2.95 bits per heavy atom. The highest BCUT2D eigenvalue weighted by molar-refractivity contribution is 5.81. The predicted octanol–water partition coefficient (Wildman–Crippen LogP) is 0.938. The van der Waals surface area contributed by atoms with Crippen LogP contribution in [0, 0.1) is 17.1 Å². The van der Waals surface area contributed by atoms with Gasteiger partial charge in [0.15, 0.2) is 0 Å². The molecule has 0 saturated heterocycles. The van der Waals surface area contributed by atoms with Crippen LogP contribution in [0.5, 0.6) is 0 Å². The molecule has 0 aliphatic carbocycles. The summed E-state index contributed by atoms with van der Waals surface area (Å²) in [7, 11) is 1.56. The first kappa shape index (κ1) is 16.1. The number of rotatable bonds is 7. The van der Waals surface area contributed by atoms with Gasteiger partial charge in [-0.15, -0.1) is 0 Å². The van der Waals surface area contributed by atoms with Crippen molar-refractivity contribution in [2.75, 3.05) is 20.3 Å². The van der Waals surface area contributed by atoms with E-state index >= 15 is 0 Å². The van der Waals surface area contributed by atoms with Gasteiger partial charge in [0.05, 0.1) is 24.3 Å². The molecule has 0 fully saturated rings. The van der Waals surface area contributed by atoms with Crippen LogP contribution >= 0.6 is 0 Å². The maximum absolute atomic E-state index is 13.1. The van der Waals surface area contributed by atoms with Crippen molar-refractivity contribution >= 4 is 5.91 Å². The molecule has 0 spiro atoms. The van der Waals surface area contributed by atoms with Crippen LogP contribution in [0.4, 0.5) is 4.39 Å². The first-order valence-corrected chi connectivity index (χ1v) is 6.27. The molecule has 0 aliphatic rings. The van der Waals surface area contributed by atoms with Crippen molar-refractivity contribution in [3.63, 3.8) is 0 Å². The van der Waals surface area contributed by atoms with Gasteiger partial charge in [-0.2, -0.15) is 5.26 Å². The number of benzene rings is 1. The normalized spacial score (nSPS) is 11.7. The monoisotopic (exact) mass is 279 g/mol. The van der Waals surface area contributed by atoms with E-state index in [1.807, 2.05) is 6.07 Å². The van der Waals surface area contributed by atoms with Gasteiger partial charge >= 0.3 is 0 Å². The van der Waals surface area contributed by atoms with E-state index < -0.39 is 11.9 Å². The van der Waals surface area contributed by atoms with E-state index in [1.165, 1.54) is 18.2 Å². The molecule has 0 saturated carbocycles. The molecule has 2 N–H and O–H groups in total. The number of ether oxygens (including phenoxy) is 1. The molecular formula is C14H18FN3O2. The average Bonchev–Trinajstić information content (AvgIpc) is 2.45. The molecule has 20 heavy (non-hydrogen) atoms. The molecule has 108 valence electrons. The van der Waals surface area contributed by atoms with Gasteiger partial charge in [0.25, 0.3) is 0 Å². The van der Waals surface area contributed by atoms with E-state index in [-0.39, 0.29) is 12.5 Å². The van der Waals surface area contributed by atoms with Gasteiger partial charge in [0.1, 0.15) is 5.82 Å². The number of hydrogen-bond donors (Lipinski definition) is 2. The van der Waals surface area contributed by atoms with Gasteiger partial charge in [-0.3, -0.25) is 4.79 Å². The number of nitrogens with one attached hydrogen (secondary N) is 2. The quantitative estimate of drug-likeness (QED) is 0.728. The minimum Gasteiger partial charge on any atom is -0.383 e. The lowest BCUT2D eigenvalue weighted by atomic mass is 10.1. The molecule has 0 bridgehead atoms. The van der Waals surface area contributed by atoms with Crippen LogP contribution < -0.4 is 10.6 Å². The Labute approximate surface area is 117 Å². The first-order chi connectivity index (χ1) is 9.58. The summed E-state index contributed by atoms with van der Waals surface area (Å²) in [6.07, 6.45) is 0. The maximum Gasteiger partial charge on any atom is 0.236 e. The zero-order valence-corrected chi connectivity index (χ0v) is 11.6. The number of halogens is 1. The Bertz CT molecular complexity index is 500. The van der Waals surface area contributed by atoms with E-state index in [4.69, 9.17) is 10.00 Å². The van der Waals surface area contributed by atoms with Crippen LogP contribution in [0.3, 0.4) is 0 Å². The van der Waals surface area contributed by atoms with E-state index in [2.05, 4.69) is 10.6 Å². The van der Waals surface area contributed by atoms with Gasteiger partial charge in [-0.1, -0.05) is 0 Å². The summed E-state index contributed by atoms with van der Waals surface area (Å²) in [6.45, 7) is 2.83. The Hall–Kier alpha value is -1.97. The van der Waals surface area contributed by atoms with Gasteiger partial charge in [0.2, 0.25) is 5.91 Å². The van der Waals surface area contributed by atoms with Crippen molar-refractivity contribution in [1.82, 2.24) is 10.6 Å². The zero-order chi connectivity index (χ0) is 15.0. The summed E-state index contributed by atoms with van der Waals surface area (Å²) in [4.78, 5) is 11.7. The molecule has 0 radical (unpaired) electrons. The number of nitrogens with zero attached hydrogens (tertiary/aromatic N) is 1. The van der Waals surface area contributed by atoms with Crippen LogP contribution in [0.15, 0.2) is 18.2 Å². The number of nitriles is 1. The molecule has 1 unspecified atom stereocenters. The summed E-state index contributed by atoms with van der Waals surface area (Å²) in [5, 5.41) is 14.6. The highest BCUT2D eigenvalue weighted by Crippen LogP contribution is 2.10. The second kappa shape index (κ2) is 8.25. The van der Waals surface area contributed by atoms with Crippen LogP contribution in [0.2, 0.25) is 0 Å². The number of carbonyl (C=O) groups is 1. The smallest absolute Gasteiger partial charge is 0.236 e. The van der Waals surface area contributed by atoms with E-state index in [0.717, 1.165) is 0 Å². The number of amides is 1. The second-order valence-corrected chi connectivity index (χ2v) is 4.30. The molecule has 1 atom stereocenters. The van der Waals surface area contributed by atoms with Crippen LogP contribution in [-0.2, 0) is 16.1 Å². The molecular weight excluding hydrogens is 261 g/mol.